The van der Waals surface area contributed by atoms with Gasteiger partial charge in [0.25, 0.3) is 0 Å². The summed E-state index contributed by atoms with van der Waals surface area (Å²) in [7, 11) is 0. The van der Waals surface area contributed by atoms with E-state index < -0.39 is 17.3 Å². The van der Waals surface area contributed by atoms with Crippen molar-refractivity contribution in [2.75, 3.05) is 0 Å². The number of aromatic hydroxyl groups is 2. The highest BCUT2D eigenvalue weighted by Gasteiger charge is 2.16. The fraction of sp³-hybridized carbons (Fsp3) is 0. The van der Waals surface area contributed by atoms with Crippen LogP contribution < -0.4 is 0 Å². The van der Waals surface area contributed by atoms with Crippen LogP contribution in [0.1, 0.15) is 0 Å². The molecule has 0 spiro atoms. The van der Waals surface area contributed by atoms with Crippen LogP contribution in [0, 0.1) is 5.82 Å². The van der Waals surface area contributed by atoms with Gasteiger partial charge in [-0.3, -0.25) is 0 Å². The zero-order chi connectivity index (χ0) is 11.2. The van der Waals surface area contributed by atoms with E-state index in [0.29, 0.717) is 0 Å². The molecule has 2 aromatic rings. The number of benzene rings is 1. The van der Waals surface area contributed by atoms with E-state index in [0.717, 1.165) is 6.07 Å². The zero-order valence-electron chi connectivity index (χ0n) is 7.13. The van der Waals surface area contributed by atoms with Crippen molar-refractivity contribution in [2.45, 2.75) is 0 Å². The van der Waals surface area contributed by atoms with Crippen LogP contribution in [0.3, 0.4) is 0 Å². The minimum atomic E-state index is -0.840. The number of phenolic OH excluding ortho intramolecular Hbond substituents is 1. The van der Waals surface area contributed by atoms with E-state index in [1.807, 2.05) is 0 Å². The summed E-state index contributed by atoms with van der Waals surface area (Å²) in [6, 6.07) is 2.34. The fourth-order valence-electron chi connectivity index (χ4n) is 1.23. The molecule has 0 atom stereocenters. The lowest BCUT2D eigenvalue weighted by atomic mass is 10.2. The number of hydrogen-bond donors (Lipinski definition) is 2. The van der Waals surface area contributed by atoms with Crippen molar-refractivity contribution < 1.29 is 14.6 Å². The van der Waals surface area contributed by atoms with Crippen molar-refractivity contribution in [1.82, 2.24) is 4.98 Å². The first kappa shape index (κ1) is 10.3. The summed E-state index contributed by atoms with van der Waals surface area (Å²) in [5.74, 6) is -1.98. The average molecular weight is 248 g/mol. The molecule has 2 rings (SSSR count). The summed E-state index contributed by atoms with van der Waals surface area (Å²) >= 11 is 11.3. The molecular formula is C9H4Cl2FNO2. The normalized spacial score (nSPS) is 10.9. The Balaban J connectivity index is 3.00. The van der Waals surface area contributed by atoms with Crippen molar-refractivity contribution in [3.63, 3.8) is 0 Å². The molecule has 0 amide bonds. The molecular weight excluding hydrogens is 244 g/mol. The highest BCUT2D eigenvalue weighted by Crippen LogP contribution is 2.40. The summed E-state index contributed by atoms with van der Waals surface area (Å²) < 4.78 is 13.0. The second-order valence-corrected chi connectivity index (χ2v) is 3.59. The van der Waals surface area contributed by atoms with Crippen LogP contribution in [0.25, 0.3) is 10.9 Å². The topological polar surface area (TPSA) is 53.4 Å². The Bertz CT molecular complexity index is 560. The Kier molecular flexibility index (Phi) is 2.32. The SMILES string of the molecule is Oc1c(Cl)nc2ccc(F)c(O)c2c1Cl. The lowest BCUT2D eigenvalue weighted by Crippen LogP contribution is -1.86. The zero-order valence-corrected chi connectivity index (χ0v) is 8.64. The first-order valence-electron chi connectivity index (χ1n) is 3.87. The first-order valence-corrected chi connectivity index (χ1v) is 4.63. The Morgan fingerprint density at radius 3 is 2.47 bits per heavy atom. The molecule has 0 fully saturated rings. The number of phenols is 1. The van der Waals surface area contributed by atoms with Crippen LogP contribution in [0.5, 0.6) is 11.5 Å². The summed E-state index contributed by atoms with van der Waals surface area (Å²) in [6.07, 6.45) is 0. The molecule has 0 aliphatic heterocycles. The maximum Gasteiger partial charge on any atom is 0.173 e. The van der Waals surface area contributed by atoms with Crippen LogP contribution in [0.4, 0.5) is 4.39 Å². The smallest absolute Gasteiger partial charge is 0.173 e. The van der Waals surface area contributed by atoms with E-state index in [1.54, 1.807) is 0 Å². The number of hydrogen-bond acceptors (Lipinski definition) is 3. The Labute approximate surface area is 93.7 Å². The molecule has 1 aromatic heterocycles. The maximum absolute atomic E-state index is 13.0. The highest BCUT2D eigenvalue weighted by atomic mass is 35.5. The first-order chi connectivity index (χ1) is 7.02. The van der Waals surface area contributed by atoms with E-state index in [2.05, 4.69) is 4.98 Å². The van der Waals surface area contributed by atoms with Gasteiger partial charge in [-0.25, -0.2) is 9.37 Å². The number of halogens is 3. The van der Waals surface area contributed by atoms with Gasteiger partial charge in [0.2, 0.25) is 0 Å². The van der Waals surface area contributed by atoms with Gasteiger partial charge in [0.1, 0.15) is 0 Å². The van der Waals surface area contributed by atoms with Crippen molar-refractivity contribution in [2.24, 2.45) is 0 Å². The van der Waals surface area contributed by atoms with Crippen LogP contribution in [-0.2, 0) is 0 Å². The van der Waals surface area contributed by atoms with Gasteiger partial charge in [-0.1, -0.05) is 23.2 Å². The molecule has 1 heterocycles. The molecule has 0 saturated heterocycles. The van der Waals surface area contributed by atoms with Gasteiger partial charge >= 0.3 is 0 Å². The number of rotatable bonds is 0. The van der Waals surface area contributed by atoms with Gasteiger partial charge < -0.3 is 10.2 Å². The molecule has 0 saturated carbocycles. The van der Waals surface area contributed by atoms with E-state index in [-0.39, 0.29) is 21.1 Å². The fourth-order valence-corrected chi connectivity index (χ4v) is 1.74. The van der Waals surface area contributed by atoms with Crippen molar-refractivity contribution in [1.29, 1.82) is 0 Å². The van der Waals surface area contributed by atoms with Crippen molar-refractivity contribution >= 4 is 34.1 Å². The second kappa shape index (κ2) is 3.40. The predicted molar refractivity (Wildman–Crippen MR) is 55.1 cm³/mol. The van der Waals surface area contributed by atoms with Gasteiger partial charge in [0.15, 0.2) is 22.5 Å². The summed E-state index contributed by atoms with van der Waals surface area (Å²) in [5, 5.41) is 18.3. The molecule has 6 heteroatoms. The van der Waals surface area contributed by atoms with Gasteiger partial charge in [0, 0.05) is 0 Å². The van der Waals surface area contributed by atoms with E-state index >= 15 is 0 Å². The Hall–Kier alpha value is -1.26. The number of aromatic nitrogens is 1. The molecule has 2 N–H and O–H groups in total. The lowest BCUT2D eigenvalue weighted by Gasteiger charge is -2.06. The molecule has 1 aromatic carbocycles. The molecule has 3 nitrogen and oxygen atoms in total. The minimum absolute atomic E-state index is 0.0569. The third kappa shape index (κ3) is 1.46. The molecule has 0 unspecified atom stereocenters. The minimum Gasteiger partial charge on any atom is -0.504 e. The van der Waals surface area contributed by atoms with Crippen LogP contribution in [0.15, 0.2) is 12.1 Å². The largest absolute Gasteiger partial charge is 0.504 e. The Morgan fingerprint density at radius 1 is 1.13 bits per heavy atom. The van der Waals surface area contributed by atoms with Gasteiger partial charge in [-0.05, 0) is 12.1 Å². The average Bonchev–Trinajstić information content (AvgIpc) is 2.20. The third-order valence-electron chi connectivity index (χ3n) is 1.95. The number of nitrogens with zero attached hydrogens (tertiary/aromatic N) is 1. The van der Waals surface area contributed by atoms with Crippen LogP contribution in [-0.4, -0.2) is 15.2 Å². The van der Waals surface area contributed by atoms with Crippen LogP contribution >= 0.6 is 23.2 Å². The number of fused-ring (bicyclic) bond motifs is 1. The van der Waals surface area contributed by atoms with Gasteiger partial charge in [-0.2, -0.15) is 0 Å². The number of pyridine rings is 1. The van der Waals surface area contributed by atoms with Crippen LogP contribution in [0.2, 0.25) is 10.2 Å². The maximum atomic E-state index is 13.0. The quantitative estimate of drug-likeness (QED) is 0.704. The standard InChI is InChI=1S/C9H4Cl2FNO2/c10-6-5-4(13-9(11)8(6)15)2-1-3(12)7(5)14/h1-2,14-15H. The van der Waals surface area contributed by atoms with Gasteiger partial charge in [-0.15, -0.1) is 0 Å². The van der Waals surface area contributed by atoms with Crippen molar-refractivity contribution in [3.8, 4) is 11.5 Å². The monoisotopic (exact) mass is 247 g/mol. The predicted octanol–water partition coefficient (Wildman–Crippen LogP) is 3.09. The lowest BCUT2D eigenvalue weighted by molar-refractivity contribution is 0.437. The molecule has 0 aliphatic rings. The van der Waals surface area contributed by atoms with E-state index in [1.165, 1.54) is 6.07 Å². The van der Waals surface area contributed by atoms with E-state index in [9.17, 15) is 14.6 Å². The third-order valence-corrected chi connectivity index (χ3v) is 2.58. The second-order valence-electron chi connectivity index (χ2n) is 2.86. The summed E-state index contributed by atoms with van der Waals surface area (Å²) in [5.41, 5.74) is 0.210. The Morgan fingerprint density at radius 2 is 1.80 bits per heavy atom. The molecule has 78 valence electrons. The van der Waals surface area contributed by atoms with Gasteiger partial charge in [0.05, 0.1) is 15.9 Å². The van der Waals surface area contributed by atoms with E-state index in [4.69, 9.17) is 23.2 Å². The summed E-state index contributed by atoms with van der Waals surface area (Å²) in [6.45, 7) is 0. The summed E-state index contributed by atoms with van der Waals surface area (Å²) in [4.78, 5) is 3.74. The molecule has 15 heavy (non-hydrogen) atoms. The van der Waals surface area contributed by atoms with Crippen molar-refractivity contribution in [3.05, 3.63) is 28.1 Å². The highest BCUT2D eigenvalue weighted by molar-refractivity contribution is 6.40. The molecule has 0 aliphatic carbocycles. The molecule has 0 bridgehead atoms. The molecule has 0 radical (unpaired) electrons.